The summed E-state index contributed by atoms with van der Waals surface area (Å²) >= 11 is 0. The van der Waals surface area contributed by atoms with E-state index < -0.39 is 17.6 Å². The summed E-state index contributed by atoms with van der Waals surface area (Å²) in [6.07, 6.45) is 2.90. The van der Waals surface area contributed by atoms with Crippen molar-refractivity contribution in [3.8, 4) is 0 Å². The average molecular weight is 244 g/mol. The van der Waals surface area contributed by atoms with Crippen LogP contribution in [-0.2, 0) is 4.74 Å². The minimum atomic E-state index is -1.29. The van der Waals surface area contributed by atoms with Crippen molar-refractivity contribution < 1.29 is 17.9 Å². The van der Waals surface area contributed by atoms with Gasteiger partial charge < -0.3 is 10.1 Å². The van der Waals surface area contributed by atoms with Crippen LogP contribution in [0.1, 0.15) is 19.3 Å². The first kappa shape index (κ1) is 10.8. The van der Waals surface area contributed by atoms with Gasteiger partial charge in [0.05, 0.1) is 18.2 Å². The highest BCUT2D eigenvalue weighted by Gasteiger charge is 2.41. The van der Waals surface area contributed by atoms with E-state index in [1.165, 1.54) is 0 Å². The molecule has 2 fully saturated rings. The molecule has 0 aromatic carbocycles. The van der Waals surface area contributed by atoms with Gasteiger partial charge in [0.2, 0.25) is 0 Å². The monoisotopic (exact) mass is 244 g/mol. The van der Waals surface area contributed by atoms with Gasteiger partial charge in [-0.25, -0.2) is 8.78 Å². The van der Waals surface area contributed by atoms with E-state index in [0.717, 1.165) is 19.3 Å². The summed E-state index contributed by atoms with van der Waals surface area (Å²) in [5, 5.41) is 2.79. The lowest BCUT2D eigenvalue weighted by atomic mass is 9.95. The predicted octanol–water partition coefficient (Wildman–Crippen LogP) is 2.23. The quantitative estimate of drug-likeness (QED) is 0.810. The molecule has 6 heteroatoms. The molecule has 2 aliphatic rings. The van der Waals surface area contributed by atoms with Gasteiger partial charge in [-0.1, -0.05) is 0 Å². The van der Waals surface area contributed by atoms with Crippen LogP contribution < -0.4 is 5.32 Å². The average Bonchev–Trinajstić information content (AvgIpc) is 2.87. The molecule has 2 saturated heterocycles. The van der Waals surface area contributed by atoms with Crippen molar-refractivity contribution in [3.05, 3.63) is 23.6 Å². The van der Waals surface area contributed by atoms with E-state index in [1.54, 1.807) is 0 Å². The first-order chi connectivity index (χ1) is 8.13. The third kappa shape index (κ3) is 1.86. The number of halogens is 3. The van der Waals surface area contributed by atoms with Crippen LogP contribution in [0.2, 0.25) is 0 Å². The molecule has 1 N–H and O–H groups in total. The van der Waals surface area contributed by atoms with Crippen LogP contribution in [0.15, 0.2) is 6.07 Å². The molecule has 0 radical (unpaired) electrons. The minimum Gasteiger partial charge on any atom is -0.373 e. The van der Waals surface area contributed by atoms with E-state index >= 15 is 0 Å². The highest BCUT2D eigenvalue weighted by atomic mass is 19.2. The van der Waals surface area contributed by atoms with Gasteiger partial charge in [-0.15, -0.1) is 0 Å². The second kappa shape index (κ2) is 3.87. The Balaban J connectivity index is 1.79. The van der Waals surface area contributed by atoms with Gasteiger partial charge in [-0.05, 0) is 19.3 Å². The summed E-state index contributed by atoms with van der Waals surface area (Å²) in [5.74, 6) is -3.70. The Labute approximate surface area is 96.0 Å². The number of anilines is 1. The Bertz CT molecular complexity index is 455. The molecule has 1 aromatic heterocycles. The summed E-state index contributed by atoms with van der Waals surface area (Å²) in [4.78, 5) is 3.24. The molecule has 3 atom stereocenters. The SMILES string of the molecule is Fc1cc(F)c(NC2CC3CCC2O3)nc1F. The van der Waals surface area contributed by atoms with E-state index in [9.17, 15) is 13.2 Å². The normalized spacial score (nSPS) is 30.9. The van der Waals surface area contributed by atoms with Crippen LogP contribution in [-0.4, -0.2) is 23.2 Å². The molecule has 0 spiro atoms. The number of rotatable bonds is 2. The maximum absolute atomic E-state index is 13.4. The van der Waals surface area contributed by atoms with Gasteiger partial charge in [-0.2, -0.15) is 9.37 Å². The summed E-state index contributed by atoms with van der Waals surface area (Å²) in [6, 6.07) is 0.430. The molecule has 1 aromatic rings. The summed E-state index contributed by atoms with van der Waals surface area (Å²) in [7, 11) is 0. The van der Waals surface area contributed by atoms with Gasteiger partial charge in [-0.3, -0.25) is 0 Å². The minimum absolute atomic E-state index is 0.0225. The molecule has 3 rings (SSSR count). The van der Waals surface area contributed by atoms with Gasteiger partial charge in [0.1, 0.15) is 0 Å². The Kier molecular flexibility index (Phi) is 2.47. The number of ether oxygens (including phenoxy) is 1. The fourth-order valence-corrected chi connectivity index (χ4v) is 2.51. The van der Waals surface area contributed by atoms with Crippen LogP contribution >= 0.6 is 0 Å². The van der Waals surface area contributed by atoms with Gasteiger partial charge >= 0.3 is 0 Å². The van der Waals surface area contributed by atoms with E-state index in [-0.39, 0.29) is 24.1 Å². The van der Waals surface area contributed by atoms with Gasteiger partial charge in [0, 0.05) is 6.07 Å². The van der Waals surface area contributed by atoms with Gasteiger partial charge in [0.25, 0.3) is 5.95 Å². The van der Waals surface area contributed by atoms with Gasteiger partial charge in [0.15, 0.2) is 17.5 Å². The molecule has 2 aliphatic heterocycles. The first-order valence-electron chi connectivity index (χ1n) is 5.57. The highest BCUT2D eigenvalue weighted by molar-refractivity contribution is 5.38. The van der Waals surface area contributed by atoms with E-state index in [2.05, 4.69) is 10.3 Å². The van der Waals surface area contributed by atoms with Crippen LogP contribution in [0.25, 0.3) is 0 Å². The fourth-order valence-electron chi connectivity index (χ4n) is 2.51. The van der Waals surface area contributed by atoms with Crippen molar-refractivity contribution in [2.45, 2.75) is 37.5 Å². The highest BCUT2D eigenvalue weighted by Crippen LogP contribution is 2.36. The predicted molar refractivity (Wildman–Crippen MR) is 54.0 cm³/mol. The van der Waals surface area contributed by atoms with E-state index in [0.29, 0.717) is 6.07 Å². The lowest BCUT2D eigenvalue weighted by Crippen LogP contribution is -2.31. The zero-order chi connectivity index (χ0) is 12.0. The largest absolute Gasteiger partial charge is 0.373 e. The van der Waals surface area contributed by atoms with Crippen LogP contribution in [0, 0.1) is 17.6 Å². The van der Waals surface area contributed by atoms with Crippen molar-refractivity contribution in [3.63, 3.8) is 0 Å². The van der Waals surface area contributed by atoms with Crippen LogP contribution in [0.4, 0.5) is 19.0 Å². The number of pyridine rings is 1. The standard InChI is InChI=1S/C11H11F3N2O/c12-6-4-7(13)11(16-10(6)14)15-8-3-5-1-2-9(8)17-5/h4-5,8-9H,1-3H2,(H,15,16). The lowest BCUT2D eigenvalue weighted by Gasteiger charge is -2.20. The third-order valence-corrected chi connectivity index (χ3v) is 3.31. The summed E-state index contributed by atoms with van der Waals surface area (Å²) in [5.41, 5.74) is 0. The van der Waals surface area contributed by atoms with E-state index in [1.807, 2.05) is 0 Å². The number of fused-ring (bicyclic) bond motifs is 2. The molecule has 3 heterocycles. The number of hydrogen-bond acceptors (Lipinski definition) is 3. The number of aromatic nitrogens is 1. The Morgan fingerprint density at radius 1 is 1.24 bits per heavy atom. The van der Waals surface area contributed by atoms with Crippen molar-refractivity contribution >= 4 is 5.82 Å². The maximum Gasteiger partial charge on any atom is 0.251 e. The van der Waals surface area contributed by atoms with Crippen molar-refractivity contribution in [2.24, 2.45) is 0 Å². The summed E-state index contributed by atoms with van der Waals surface area (Å²) < 4.78 is 44.5. The molecular formula is C11H11F3N2O. The second-order valence-corrected chi connectivity index (χ2v) is 4.45. The molecule has 0 aliphatic carbocycles. The molecule has 3 nitrogen and oxygen atoms in total. The zero-order valence-corrected chi connectivity index (χ0v) is 8.92. The maximum atomic E-state index is 13.4. The van der Waals surface area contributed by atoms with Crippen molar-refractivity contribution in [1.29, 1.82) is 0 Å². The number of hydrogen-bond donors (Lipinski definition) is 1. The molecule has 2 bridgehead atoms. The first-order valence-corrected chi connectivity index (χ1v) is 5.57. The fraction of sp³-hybridized carbons (Fsp3) is 0.545. The van der Waals surface area contributed by atoms with E-state index in [4.69, 9.17) is 4.74 Å². The summed E-state index contributed by atoms with van der Waals surface area (Å²) in [6.45, 7) is 0. The van der Waals surface area contributed by atoms with Crippen molar-refractivity contribution in [2.75, 3.05) is 5.32 Å². The Morgan fingerprint density at radius 3 is 2.71 bits per heavy atom. The third-order valence-electron chi connectivity index (χ3n) is 3.31. The Hall–Kier alpha value is -1.30. The van der Waals surface area contributed by atoms with Crippen LogP contribution in [0.5, 0.6) is 0 Å². The molecular weight excluding hydrogens is 233 g/mol. The topological polar surface area (TPSA) is 34.1 Å². The smallest absolute Gasteiger partial charge is 0.251 e. The molecule has 92 valence electrons. The molecule has 17 heavy (non-hydrogen) atoms. The molecule has 0 amide bonds. The van der Waals surface area contributed by atoms with Crippen LogP contribution in [0.3, 0.4) is 0 Å². The lowest BCUT2D eigenvalue weighted by molar-refractivity contribution is 0.102. The Morgan fingerprint density at radius 2 is 2.06 bits per heavy atom. The zero-order valence-electron chi connectivity index (χ0n) is 8.92. The number of nitrogens with zero attached hydrogens (tertiary/aromatic N) is 1. The molecule has 3 unspecified atom stereocenters. The van der Waals surface area contributed by atoms with Crippen molar-refractivity contribution in [1.82, 2.24) is 4.98 Å². The number of nitrogens with one attached hydrogen (secondary N) is 1. The molecule has 0 saturated carbocycles. The second-order valence-electron chi connectivity index (χ2n) is 4.45.